The summed E-state index contributed by atoms with van der Waals surface area (Å²) in [6, 6.07) is 10.9. The molecule has 26 heavy (non-hydrogen) atoms. The lowest BCUT2D eigenvalue weighted by Crippen LogP contribution is -3.00. The first-order valence-corrected chi connectivity index (χ1v) is 10.5. The number of hydrogen-bond acceptors (Lipinski definition) is 0. The Hall–Kier alpha value is -0.570. The molecule has 2 N–H and O–H groups in total. The fourth-order valence-corrected chi connectivity index (χ4v) is 3.54. The van der Waals surface area contributed by atoms with Gasteiger partial charge in [-0.05, 0) is 12.8 Å². The van der Waals surface area contributed by atoms with E-state index in [1.54, 1.807) is 0 Å². The summed E-state index contributed by atoms with van der Waals surface area (Å²) in [5, 5.41) is 0. The number of halogens is 1. The van der Waals surface area contributed by atoms with Crippen LogP contribution in [0.3, 0.4) is 0 Å². The lowest BCUT2D eigenvalue weighted by molar-refractivity contribution is -0.903. The van der Waals surface area contributed by atoms with Crippen LogP contribution in [0.15, 0.2) is 30.3 Å². The minimum absolute atomic E-state index is 0. The minimum Gasteiger partial charge on any atom is -1.00 e. The largest absolute Gasteiger partial charge is 1.00 e. The molecular formula is C23H44ClNO. The molecule has 0 saturated heterocycles. The van der Waals surface area contributed by atoms with Gasteiger partial charge in [-0.15, -0.1) is 0 Å². The van der Waals surface area contributed by atoms with E-state index in [-0.39, 0.29) is 17.9 Å². The van der Waals surface area contributed by atoms with Gasteiger partial charge in [0, 0.05) is 5.56 Å². The number of rotatable bonds is 15. The summed E-state index contributed by atoms with van der Waals surface area (Å²) in [5.74, 6) is 0. The maximum atomic E-state index is 2.37. The molecule has 1 rings (SSSR count). The van der Waals surface area contributed by atoms with E-state index in [0.29, 0.717) is 0 Å². The monoisotopic (exact) mass is 385 g/mol. The maximum absolute atomic E-state index is 2.37. The van der Waals surface area contributed by atoms with Crippen LogP contribution in [-0.2, 0) is 6.54 Å². The standard InChI is InChI=1S/C23H42N.ClH.H2O/c1-4-5-6-7-8-9-10-11-12-13-14-18-21-24(2,3)22-23-19-16-15-17-20-23;;/h15-17,19-20H,4-14,18,21-22H2,1-3H3;1H;1H2/q+1;;/p-1. The predicted molar refractivity (Wildman–Crippen MR) is 112 cm³/mol. The average molecular weight is 386 g/mol. The summed E-state index contributed by atoms with van der Waals surface area (Å²) < 4.78 is 1.11. The maximum Gasteiger partial charge on any atom is 0.104 e. The van der Waals surface area contributed by atoms with Crippen LogP contribution in [0.2, 0.25) is 0 Å². The molecule has 1 aromatic rings. The van der Waals surface area contributed by atoms with Crippen LogP contribution >= 0.6 is 0 Å². The Balaban J connectivity index is 0. The highest BCUT2D eigenvalue weighted by molar-refractivity contribution is 5.13. The fraction of sp³-hybridized carbons (Fsp3) is 0.739. The molecule has 0 aliphatic heterocycles. The zero-order chi connectivity index (χ0) is 17.5. The van der Waals surface area contributed by atoms with Crippen molar-refractivity contribution in [1.29, 1.82) is 0 Å². The summed E-state index contributed by atoms with van der Waals surface area (Å²) in [7, 11) is 4.73. The minimum atomic E-state index is 0. The second kappa shape index (κ2) is 17.8. The number of hydrogen-bond donors (Lipinski definition) is 0. The Kier molecular flexibility index (Phi) is 19.0. The van der Waals surface area contributed by atoms with Crippen molar-refractivity contribution in [3.63, 3.8) is 0 Å². The van der Waals surface area contributed by atoms with Gasteiger partial charge in [0.25, 0.3) is 0 Å². The molecule has 0 fully saturated rings. The third-order valence-corrected chi connectivity index (χ3v) is 5.07. The van der Waals surface area contributed by atoms with Crippen LogP contribution in [0.1, 0.15) is 89.5 Å². The molecule has 3 heteroatoms. The summed E-state index contributed by atoms with van der Waals surface area (Å²) in [6.07, 6.45) is 17.2. The Morgan fingerprint density at radius 3 is 1.54 bits per heavy atom. The van der Waals surface area contributed by atoms with E-state index in [1.165, 1.54) is 89.2 Å². The van der Waals surface area contributed by atoms with Gasteiger partial charge in [-0.1, -0.05) is 101 Å². The van der Waals surface area contributed by atoms with Crippen molar-refractivity contribution < 1.29 is 22.4 Å². The molecule has 0 saturated carbocycles. The molecule has 0 radical (unpaired) electrons. The quantitative estimate of drug-likeness (QED) is 0.328. The Labute approximate surface area is 169 Å². The highest BCUT2D eigenvalue weighted by Gasteiger charge is 2.14. The lowest BCUT2D eigenvalue weighted by atomic mass is 10.1. The van der Waals surface area contributed by atoms with E-state index >= 15 is 0 Å². The van der Waals surface area contributed by atoms with Crippen molar-refractivity contribution in [2.45, 2.75) is 90.5 Å². The van der Waals surface area contributed by atoms with Crippen molar-refractivity contribution in [3.05, 3.63) is 35.9 Å². The summed E-state index contributed by atoms with van der Waals surface area (Å²) in [5.41, 5.74) is 1.46. The first kappa shape index (κ1) is 27.6. The van der Waals surface area contributed by atoms with Crippen molar-refractivity contribution in [2.75, 3.05) is 20.6 Å². The Bertz CT molecular complexity index is 394. The van der Waals surface area contributed by atoms with Gasteiger partial charge in [0.1, 0.15) is 6.54 Å². The molecule has 0 spiro atoms. The zero-order valence-electron chi connectivity index (χ0n) is 17.6. The normalized spacial score (nSPS) is 10.9. The van der Waals surface area contributed by atoms with E-state index in [0.717, 1.165) is 11.0 Å². The molecular weight excluding hydrogens is 342 g/mol. The summed E-state index contributed by atoms with van der Waals surface area (Å²) >= 11 is 0. The Morgan fingerprint density at radius 1 is 0.654 bits per heavy atom. The number of nitrogens with zero attached hydrogens (tertiary/aromatic N) is 1. The molecule has 1 aromatic carbocycles. The van der Waals surface area contributed by atoms with Crippen molar-refractivity contribution in [3.8, 4) is 0 Å². The molecule has 0 aliphatic rings. The van der Waals surface area contributed by atoms with E-state index in [9.17, 15) is 0 Å². The topological polar surface area (TPSA) is 31.5 Å². The molecule has 0 amide bonds. The first-order valence-electron chi connectivity index (χ1n) is 10.5. The van der Waals surface area contributed by atoms with Crippen molar-refractivity contribution >= 4 is 0 Å². The van der Waals surface area contributed by atoms with E-state index in [2.05, 4.69) is 51.4 Å². The van der Waals surface area contributed by atoms with Crippen LogP contribution in [0.5, 0.6) is 0 Å². The van der Waals surface area contributed by atoms with Gasteiger partial charge in [0.15, 0.2) is 0 Å². The van der Waals surface area contributed by atoms with Gasteiger partial charge in [0.2, 0.25) is 0 Å². The van der Waals surface area contributed by atoms with Crippen LogP contribution in [0.4, 0.5) is 0 Å². The first-order chi connectivity index (χ1) is 11.6. The number of quaternary nitrogens is 1. The third kappa shape index (κ3) is 15.7. The number of benzene rings is 1. The molecule has 0 heterocycles. The van der Waals surface area contributed by atoms with E-state index < -0.39 is 0 Å². The smallest absolute Gasteiger partial charge is 0.104 e. The molecule has 0 bridgehead atoms. The van der Waals surface area contributed by atoms with E-state index in [4.69, 9.17) is 0 Å². The summed E-state index contributed by atoms with van der Waals surface area (Å²) in [6.45, 7) is 4.74. The van der Waals surface area contributed by atoms with Crippen LogP contribution in [0.25, 0.3) is 0 Å². The van der Waals surface area contributed by atoms with Gasteiger partial charge < -0.3 is 22.4 Å². The van der Waals surface area contributed by atoms with Gasteiger partial charge >= 0.3 is 0 Å². The molecule has 154 valence electrons. The predicted octanol–water partition coefficient (Wildman–Crippen LogP) is 3.14. The van der Waals surface area contributed by atoms with Crippen molar-refractivity contribution in [1.82, 2.24) is 0 Å². The second-order valence-electron chi connectivity index (χ2n) is 8.19. The third-order valence-electron chi connectivity index (χ3n) is 5.07. The molecule has 0 aliphatic carbocycles. The molecule has 2 nitrogen and oxygen atoms in total. The molecule has 0 aromatic heterocycles. The fourth-order valence-electron chi connectivity index (χ4n) is 3.54. The van der Waals surface area contributed by atoms with Gasteiger partial charge in [-0.25, -0.2) is 0 Å². The highest BCUT2D eigenvalue weighted by atomic mass is 35.5. The van der Waals surface area contributed by atoms with E-state index in [1.807, 2.05) is 0 Å². The average Bonchev–Trinajstić information content (AvgIpc) is 2.56. The van der Waals surface area contributed by atoms with Crippen LogP contribution in [0, 0.1) is 0 Å². The Morgan fingerprint density at radius 2 is 1.08 bits per heavy atom. The van der Waals surface area contributed by atoms with Gasteiger partial charge in [-0.3, -0.25) is 0 Å². The van der Waals surface area contributed by atoms with Crippen LogP contribution < -0.4 is 12.4 Å². The highest BCUT2D eigenvalue weighted by Crippen LogP contribution is 2.14. The van der Waals surface area contributed by atoms with Crippen molar-refractivity contribution in [2.24, 2.45) is 0 Å². The number of unbranched alkanes of at least 4 members (excludes halogenated alkanes) is 11. The van der Waals surface area contributed by atoms with Gasteiger partial charge in [-0.2, -0.15) is 0 Å². The van der Waals surface area contributed by atoms with Crippen LogP contribution in [-0.4, -0.2) is 30.6 Å². The SMILES string of the molecule is CCCCCCCCCCCCCC[N+](C)(C)Cc1ccccc1.O.[Cl-]. The zero-order valence-corrected chi connectivity index (χ0v) is 18.4. The molecule has 0 unspecified atom stereocenters. The van der Waals surface area contributed by atoms with Gasteiger partial charge in [0.05, 0.1) is 20.6 Å². The second-order valence-corrected chi connectivity index (χ2v) is 8.19. The lowest BCUT2D eigenvalue weighted by Gasteiger charge is -2.30. The molecule has 0 atom stereocenters. The summed E-state index contributed by atoms with van der Waals surface area (Å²) in [4.78, 5) is 0.